The zero-order valence-electron chi connectivity index (χ0n) is 22.4. The van der Waals surface area contributed by atoms with E-state index < -0.39 is 5.92 Å². The van der Waals surface area contributed by atoms with Crippen molar-refractivity contribution in [1.29, 1.82) is 0 Å². The Morgan fingerprint density at radius 3 is 1.82 bits per heavy atom. The van der Waals surface area contributed by atoms with Gasteiger partial charge in [0.05, 0.1) is 10.0 Å². The molecular formula is C31H32BrCl2NO3. The molecular weight excluding hydrogens is 585 g/mol. The van der Waals surface area contributed by atoms with E-state index in [1.54, 1.807) is 0 Å². The van der Waals surface area contributed by atoms with Crippen LogP contribution in [0, 0.1) is 10.8 Å². The Balaban J connectivity index is 1.59. The molecule has 2 aliphatic carbocycles. The molecule has 1 heterocycles. The van der Waals surface area contributed by atoms with E-state index >= 15 is 0 Å². The molecule has 7 heteroatoms. The number of halogens is 3. The molecule has 0 unspecified atom stereocenters. The van der Waals surface area contributed by atoms with Crippen LogP contribution < -0.4 is 4.74 Å². The Morgan fingerprint density at radius 2 is 1.34 bits per heavy atom. The highest BCUT2D eigenvalue weighted by Gasteiger charge is 2.48. The van der Waals surface area contributed by atoms with Crippen LogP contribution in [0.5, 0.6) is 5.75 Å². The van der Waals surface area contributed by atoms with E-state index in [0.717, 1.165) is 39.8 Å². The molecule has 0 saturated carbocycles. The van der Waals surface area contributed by atoms with Crippen molar-refractivity contribution in [2.75, 3.05) is 7.05 Å². The number of rotatable bonds is 4. The number of hydrogen-bond acceptors (Lipinski definition) is 4. The van der Waals surface area contributed by atoms with Gasteiger partial charge in [-0.15, -0.1) is 0 Å². The van der Waals surface area contributed by atoms with Crippen molar-refractivity contribution >= 4 is 50.7 Å². The normalized spacial score (nSPS) is 21.0. The maximum Gasteiger partial charge on any atom is 0.162 e. The maximum atomic E-state index is 13.7. The Morgan fingerprint density at radius 1 is 0.868 bits per heavy atom. The zero-order chi connectivity index (χ0) is 27.6. The smallest absolute Gasteiger partial charge is 0.162 e. The Hall–Kier alpha value is -2.08. The Labute approximate surface area is 243 Å². The minimum Gasteiger partial charge on any atom is -0.486 e. The molecule has 0 amide bonds. The number of carbonyl (C=O) groups is 2. The van der Waals surface area contributed by atoms with Crippen LogP contribution in [0.3, 0.4) is 0 Å². The first-order valence-corrected chi connectivity index (χ1v) is 14.4. The maximum absolute atomic E-state index is 13.7. The van der Waals surface area contributed by atoms with Gasteiger partial charge in [0.2, 0.25) is 0 Å². The van der Waals surface area contributed by atoms with E-state index in [-0.39, 0.29) is 22.4 Å². The van der Waals surface area contributed by atoms with E-state index in [1.165, 1.54) is 0 Å². The van der Waals surface area contributed by atoms with Crippen LogP contribution in [-0.4, -0.2) is 23.5 Å². The molecule has 0 fully saturated rings. The number of benzene rings is 2. The SMILES string of the molecule is CN1C2=C(C(=O)CC(C)(C)C2)C(c2cc(Cl)c(OCc3ccc(Br)cc3)c(Cl)c2)C2=C1CC(C)(C)CC2=O. The van der Waals surface area contributed by atoms with Gasteiger partial charge < -0.3 is 9.64 Å². The summed E-state index contributed by atoms with van der Waals surface area (Å²) in [5, 5.41) is 0.722. The summed E-state index contributed by atoms with van der Waals surface area (Å²) in [6.45, 7) is 8.82. The molecule has 2 aromatic carbocycles. The van der Waals surface area contributed by atoms with Gasteiger partial charge in [0.1, 0.15) is 6.61 Å². The lowest BCUT2D eigenvalue weighted by Gasteiger charge is -2.48. The number of Topliss-reactive ketones (excluding diaryl/α,β-unsaturated/α-hetero) is 2. The van der Waals surface area contributed by atoms with Crippen molar-refractivity contribution < 1.29 is 14.3 Å². The first-order chi connectivity index (χ1) is 17.8. The Bertz CT molecular complexity index is 1330. The molecule has 0 bridgehead atoms. The van der Waals surface area contributed by atoms with Crippen LogP contribution in [0.25, 0.3) is 0 Å². The summed E-state index contributed by atoms with van der Waals surface area (Å²) in [4.78, 5) is 29.5. The minimum atomic E-state index is -0.487. The van der Waals surface area contributed by atoms with Gasteiger partial charge in [0.25, 0.3) is 0 Å². The lowest BCUT2D eigenvalue weighted by Crippen LogP contribution is -2.43. The molecule has 0 aromatic heterocycles. The Kier molecular flexibility index (Phi) is 7.11. The third-order valence-corrected chi connectivity index (χ3v) is 8.92. The molecule has 3 aliphatic rings. The van der Waals surface area contributed by atoms with Gasteiger partial charge in [-0.3, -0.25) is 9.59 Å². The van der Waals surface area contributed by atoms with Crippen molar-refractivity contribution in [2.45, 2.75) is 65.9 Å². The average molecular weight is 617 g/mol. The van der Waals surface area contributed by atoms with Gasteiger partial charge in [-0.2, -0.15) is 0 Å². The van der Waals surface area contributed by atoms with Crippen LogP contribution in [0.2, 0.25) is 10.0 Å². The second-order valence-corrected chi connectivity index (χ2v) is 14.1. The summed E-state index contributed by atoms with van der Waals surface area (Å²) in [5.74, 6) is 0.0719. The molecule has 0 N–H and O–H groups in total. The fourth-order valence-corrected chi connectivity index (χ4v) is 7.00. The standard InChI is InChI=1S/C31H32BrCl2NO3/c1-30(2)12-22-27(24(36)14-30)26(28-23(35(22)5)13-31(3,4)15-25(28)37)18-10-20(33)29(21(34)11-18)38-16-17-6-8-19(32)9-7-17/h6-11,26H,12-16H2,1-5H3. The number of ether oxygens (including phenoxy) is 1. The highest BCUT2D eigenvalue weighted by atomic mass is 79.9. The van der Waals surface area contributed by atoms with Crippen molar-refractivity contribution in [3.63, 3.8) is 0 Å². The van der Waals surface area contributed by atoms with Crippen LogP contribution in [0.1, 0.15) is 70.4 Å². The third kappa shape index (κ3) is 5.10. The van der Waals surface area contributed by atoms with Crippen molar-refractivity contribution in [3.05, 3.63) is 84.6 Å². The van der Waals surface area contributed by atoms with Gasteiger partial charge in [-0.05, 0) is 59.1 Å². The van der Waals surface area contributed by atoms with Crippen molar-refractivity contribution in [3.8, 4) is 5.75 Å². The topological polar surface area (TPSA) is 46.6 Å². The van der Waals surface area contributed by atoms with E-state index in [1.807, 2.05) is 43.4 Å². The number of carbonyl (C=O) groups excluding carboxylic acids is 2. The minimum absolute atomic E-state index is 0.0834. The molecule has 4 nitrogen and oxygen atoms in total. The molecule has 0 atom stereocenters. The average Bonchev–Trinajstić information content (AvgIpc) is 2.79. The quantitative estimate of drug-likeness (QED) is 0.345. The van der Waals surface area contributed by atoms with Crippen LogP contribution in [-0.2, 0) is 16.2 Å². The first-order valence-electron chi connectivity index (χ1n) is 12.9. The molecule has 38 heavy (non-hydrogen) atoms. The van der Waals surface area contributed by atoms with Crippen molar-refractivity contribution in [2.24, 2.45) is 10.8 Å². The van der Waals surface area contributed by atoms with Crippen molar-refractivity contribution in [1.82, 2.24) is 4.90 Å². The van der Waals surface area contributed by atoms with E-state index in [0.29, 0.717) is 46.4 Å². The first kappa shape index (κ1) is 27.5. The number of ketones is 2. The van der Waals surface area contributed by atoms with Gasteiger partial charge >= 0.3 is 0 Å². The molecule has 5 rings (SSSR count). The monoisotopic (exact) mass is 615 g/mol. The molecule has 200 valence electrons. The number of hydrogen-bond donors (Lipinski definition) is 0. The van der Waals surface area contributed by atoms with Crippen LogP contribution in [0.4, 0.5) is 0 Å². The highest BCUT2D eigenvalue weighted by molar-refractivity contribution is 9.10. The number of allylic oxidation sites excluding steroid dienone is 4. The fraction of sp³-hybridized carbons (Fsp3) is 0.419. The van der Waals surface area contributed by atoms with Crippen LogP contribution >= 0.6 is 39.1 Å². The summed E-state index contributed by atoms with van der Waals surface area (Å²) in [6.07, 6.45) is 2.41. The predicted octanol–water partition coefficient (Wildman–Crippen LogP) is 8.65. The van der Waals surface area contributed by atoms with Crippen LogP contribution in [0.15, 0.2) is 63.4 Å². The lowest BCUT2D eigenvalue weighted by atomic mass is 9.64. The second-order valence-electron chi connectivity index (χ2n) is 12.3. The summed E-state index contributed by atoms with van der Waals surface area (Å²) < 4.78 is 7.01. The summed E-state index contributed by atoms with van der Waals surface area (Å²) in [7, 11) is 2.00. The zero-order valence-corrected chi connectivity index (χ0v) is 25.5. The fourth-order valence-electron chi connectivity index (χ4n) is 6.12. The van der Waals surface area contributed by atoms with Gasteiger partial charge in [-0.1, -0.05) is 79.0 Å². The third-order valence-electron chi connectivity index (χ3n) is 7.83. The van der Waals surface area contributed by atoms with Gasteiger partial charge in [0, 0.05) is 52.8 Å². The molecule has 2 aromatic rings. The number of nitrogens with zero attached hydrogens (tertiary/aromatic N) is 1. The molecule has 0 spiro atoms. The summed E-state index contributed by atoms with van der Waals surface area (Å²) in [6, 6.07) is 11.5. The predicted molar refractivity (Wildman–Crippen MR) is 156 cm³/mol. The molecule has 0 saturated heterocycles. The highest BCUT2D eigenvalue weighted by Crippen LogP contribution is 2.54. The van der Waals surface area contributed by atoms with E-state index in [4.69, 9.17) is 27.9 Å². The summed E-state index contributed by atoms with van der Waals surface area (Å²) in [5.41, 5.74) is 4.85. The van der Waals surface area contributed by atoms with E-state index in [9.17, 15) is 9.59 Å². The molecule has 1 aliphatic heterocycles. The second kappa shape index (κ2) is 9.83. The lowest BCUT2D eigenvalue weighted by molar-refractivity contribution is -0.119. The van der Waals surface area contributed by atoms with E-state index in [2.05, 4.69) is 48.5 Å². The summed E-state index contributed by atoms with van der Waals surface area (Å²) >= 11 is 17.0. The molecule has 0 radical (unpaired) electrons. The van der Waals surface area contributed by atoms with Gasteiger partial charge in [0.15, 0.2) is 17.3 Å². The largest absolute Gasteiger partial charge is 0.486 e. The van der Waals surface area contributed by atoms with Gasteiger partial charge in [-0.25, -0.2) is 0 Å².